The number of nitrogens with zero attached hydrogens (tertiary/aromatic N) is 1. The minimum atomic E-state index is -0.734. The van der Waals surface area contributed by atoms with Crippen molar-refractivity contribution in [2.24, 2.45) is 0 Å². The van der Waals surface area contributed by atoms with Crippen molar-refractivity contribution in [2.75, 3.05) is 38.3 Å². The van der Waals surface area contributed by atoms with E-state index in [0.29, 0.717) is 24.5 Å². The molecule has 0 unspecified atom stereocenters. The van der Waals surface area contributed by atoms with E-state index in [1.807, 2.05) is 6.07 Å². The molecule has 9 nitrogen and oxygen atoms in total. The van der Waals surface area contributed by atoms with Crippen molar-refractivity contribution in [3.8, 4) is 5.75 Å². The van der Waals surface area contributed by atoms with Crippen LogP contribution in [0, 0.1) is 0 Å². The molecule has 0 aromatic heterocycles. The summed E-state index contributed by atoms with van der Waals surface area (Å²) in [5, 5.41) is 8.33. The highest BCUT2D eigenvalue weighted by Crippen LogP contribution is 2.34. The number of hydrogen-bond acceptors (Lipinski definition) is 7. The van der Waals surface area contributed by atoms with Crippen molar-refractivity contribution >= 4 is 23.4 Å². The SMILES string of the molecule is COc1cc2c(cc1C(=O)N[C@H]1CCC(=O)NC1=O)COC[C@H]1CNCCN21. The molecule has 1 aromatic carbocycles. The molecular formula is C19H24N4O5. The number of amides is 3. The highest BCUT2D eigenvalue weighted by Gasteiger charge is 2.31. The van der Waals surface area contributed by atoms with Crippen LogP contribution in [-0.4, -0.2) is 63.2 Å². The van der Waals surface area contributed by atoms with Crippen LogP contribution in [0.4, 0.5) is 5.69 Å². The Morgan fingerprint density at radius 1 is 1.36 bits per heavy atom. The van der Waals surface area contributed by atoms with E-state index < -0.39 is 17.9 Å². The van der Waals surface area contributed by atoms with E-state index in [4.69, 9.17) is 9.47 Å². The van der Waals surface area contributed by atoms with Crippen LogP contribution in [0.1, 0.15) is 28.8 Å². The maximum atomic E-state index is 12.9. The normalized spacial score (nSPS) is 24.5. The Morgan fingerprint density at radius 3 is 3.00 bits per heavy atom. The Bertz CT molecular complexity index is 812. The van der Waals surface area contributed by atoms with Crippen LogP contribution in [0.15, 0.2) is 12.1 Å². The number of benzene rings is 1. The summed E-state index contributed by atoms with van der Waals surface area (Å²) in [6, 6.07) is 3.16. The minimum absolute atomic E-state index is 0.205. The van der Waals surface area contributed by atoms with Gasteiger partial charge in [0.25, 0.3) is 5.91 Å². The van der Waals surface area contributed by atoms with Crippen LogP contribution < -0.4 is 25.6 Å². The monoisotopic (exact) mass is 388 g/mol. The lowest BCUT2D eigenvalue weighted by molar-refractivity contribution is -0.134. The van der Waals surface area contributed by atoms with E-state index >= 15 is 0 Å². The molecule has 3 N–H and O–H groups in total. The summed E-state index contributed by atoms with van der Waals surface area (Å²) < 4.78 is 11.3. The molecule has 1 aromatic rings. The summed E-state index contributed by atoms with van der Waals surface area (Å²) in [4.78, 5) is 38.4. The van der Waals surface area contributed by atoms with Gasteiger partial charge in [-0.05, 0) is 12.5 Å². The Kier molecular flexibility index (Phi) is 5.19. The molecule has 3 aliphatic rings. The van der Waals surface area contributed by atoms with Crippen molar-refractivity contribution in [1.29, 1.82) is 0 Å². The second-order valence-electron chi connectivity index (χ2n) is 7.22. The van der Waals surface area contributed by atoms with Gasteiger partial charge in [0.2, 0.25) is 11.8 Å². The number of rotatable bonds is 3. The van der Waals surface area contributed by atoms with Crippen molar-refractivity contribution in [2.45, 2.75) is 31.5 Å². The zero-order chi connectivity index (χ0) is 19.7. The first-order valence-electron chi connectivity index (χ1n) is 9.47. The van der Waals surface area contributed by atoms with Crippen molar-refractivity contribution in [3.63, 3.8) is 0 Å². The zero-order valence-electron chi connectivity index (χ0n) is 15.7. The third-order valence-electron chi connectivity index (χ3n) is 5.42. The molecule has 0 bridgehead atoms. The fourth-order valence-electron chi connectivity index (χ4n) is 3.94. The lowest BCUT2D eigenvalue weighted by Gasteiger charge is -2.37. The van der Waals surface area contributed by atoms with E-state index in [0.717, 1.165) is 30.9 Å². The molecular weight excluding hydrogens is 364 g/mol. The molecule has 28 heavy (non-hydrogen) atoms. The number of ether oxygens (including phenoxy) is 2. The summed E-state index contributed by atoms with van der Waals surface area (Å²) in [5.74, 6) is -0.760. The van der Waals surface area contributed by atoms with Crippen molar-refractivity contribution in [3.05, 3.63) is 23.3 Å². The number of carbonyl (C=O) groups excluding carboxylic acids is 3. The quantitative estimate of drug-likeness (QED) is 0.601. The molecule has 0 radical (unpaired) electrons. The van der Waals surface area contributed by atoms with Gasteiger partial charge in [-0.15, -0.1) is 0 Å². The number of piperidine rings is 1. The highest BCUT2D eigenvalue weighted by atomic mass is 16.5. The number of methoxy groups -OCH3 is 1. The van der Waals surface area contributed by atoms with Crippen molar-refractivity contribution < 1.29 is 23.9 Å². The standard InChI is InChI=1S/C19H24N4O5/c1-27-16-7-15-11(9-28-10-12-8-20-4-5-23(12)15)6-13(16)18(25)21-14-2-3-17(24)22-19(14)26/h6-7,12,14,20H,2-5,8-10H2,1H3,(H,21,25)(H,22,24,26)/t12-,14+/m1/s1. The summed E-state index contributed by atoms with van der Waals surface area (Å²) in [6.07, 6.45) is 0.492. The molecule has 2 fully saturated rings. The summed E-state index contributed by atoms with van der Waals surface area (Å²) >= 11 is 0. The van der Waals surface area contributed by atoms with Gasteiger partial charge < -0.3 is 25.0 Å². The predicted octanol–water partition coefficient (Wildman–Crippen LogP) is -0.461. The zero-order valence-corrected chi connectivity index (χ0v) is 15.7. The number of hydrogen-bond donors (Lipinski definition) is 3. The molecule has 150 valence electrons. The number of anilines is 1. The molecule has 3 heterocycles. The predicted molar refractivity (Wildman–Crippen MR) is 100 cm³/mol. The number of fused-ring (bicyclic) bond motifs is 3. The molecule has 0 spiro atoms. The number of imide groups is 1. The Hall–Kier alpha value is -2.65. The summed E-state index contributed by atoms with van der Waals surface area (Å²) in [5.41, 5.74) is 2.28. The van der Waals surface area contributed by atoms with Gasteiger partial charge in [0.05, 0.1) is 31.9 Å². The lowest BCUT2D eigenvalue weighted by atomic mass is 10.0. The van der Waals surface area contributed by atoms with Gasteiger partial charge >= 0.3 is 0 Å². The van der Waals surface area contributed by atoms with Gasteiger partial charge in [-0.2, -0.15) is 0 Å². The Morgan fingerprint density at radius 2 is 2.21 bits per heavy atom. The van der Waals surface area contributed by atoms with Gasteiger partial charge in [-0.1, -0.05) is 0 Å². The van der Waals surface area contributed by atoms with E-state index in [1.165, 1.54) is 7.11 Å². The average molecular weight is 388 g/mol. The van der Waals surface area contributed by atoms with Gasteiger partial charge in [0.1, 0.15) is 11.8 Å². The second kappa shape index (κ2) is 7.76. The van der Waals surface area contributed by atoms with E-state index in [2.05, 4.69) is 20.9 Å². The average Bonchev–Trinajstić information content (AvgIpc) is 2.88. The summed E-state index contributed by atoms with van der Waals surface area (Å²) in [7, 11) is 1.52. The first-order valence-corrected chi connectivity index (χ1v) is 9.47. The van der Waals surface area contributed by atoms with Crippen LogP contribution >= 0.6 is 0 Å². The smallest absolute Gasteiger partial charge is 0.255 e. The maximum absolute atomic E-state index is 12.9. The largest absolute Gasteiger partial charge is 0.496 e. The maximum Gasteiger partial charge on any atom is 0.255 e. The van der Waals surface area contributed by atoms with Gasteiger partial charge in [-0.3, -0.25) is 19.7 Å². The molecule has 4 rings (SSSR count). The van der Waals surface area contributed by atoms with Crippen LogP contribution in [0.5, 0.6) is 5.75 Å². The lowest BCUT2D eigenvalue weighted by Crippen LogP contribution is -2.53. The van der Waals surface area contributed by atoms with E-state index in [9.17, 15) is 14.4 Å². The van der Waals surface area contributed by atoms with Crippen LogP contribution in [0.25, 0.3) is 0 Å². The molecule has 9 heteroatoms. The third kappa shape index (κ3) is 3.55. The van der Waals surface area contributed by atoms with Crippen molar-refractivity contribution in [1.82, 2.24) is 16.0 Å². The molecule has 0 aliphatic carbocycles. The number of piperazine rings is 1. The fraction of sp³-hybridized carbons (Fsp3) is 0.526. The van der Waals surface area contributed by atoms with E-state index in [1.54, 1.807) is 6.07 Å². The Balaban J connectivity index is 1.61. The van der Waals surface area contributed by atoms with Gasteiger partial charge in [0.15, 0.2) is 0 Å². The first-order chi connectivity index (χ1) is 13.6. The minimum Gasteiger partial charge on any atom is -0.496 e. The molecule has 0 saturated carbocycles. The first kappa shape index (κ1) is 18.7. The summed E-state index contributed by atoms with van der Waals surface area (Å²) in [6.45, 7) is 3.61. The molecule has 3 amide bonds. The van der Waals surface area contributed by atoms with Crippen LogP contribution in [0.2, 0.25) is 0 Å². The highest BCUT2D eigenvalue weighted by molar-refractivity contribution is 6.04. The van der Waals surface area contributed by atoms with E-state index in [-0.39, 0.29) is 24.8 Å². The van der Waals surface area contributed by atoms with Gasteiger partial charge in [-0.25, -0.2) is 0 Å². The number of carbonyl (C=O) groups is 3. The molecule has 2 saturated heterocycles. The fourth-order valence-corrected chi connectivity index (χ4v) is 3.94. The topological polar surface area (TPSA) is 109 Å². The van der Waals surface area contributed by atoms with Gasteiger partial charge in [0, 0.05) is 43.4 Å². The molecule has 3 aliphatic heterocycles. The number of nitrogens with one attached hydrogen (secondary N) is 3. The van der Waals surface area contributed by atoms with Crippen LogP contribution in [0.3, 0.4) is 0 Å². The molecule has 2 atom stereocenters. The second-order valence-corrected chi connectivity index (χ2v) is 7.22. The van der Waals surface area contributed by atoms with Crippen LogP contribution in [-0.2, 0) is 20.9 Å². The Labute approximate surface area is 162 Å². The third-order valence-corrected chi connectivity index (χ3v) is 5.42.